The van der Waals surface area contributed by atoms with Crippen LogP contribution in [0.3, 0.4) is 0 Å². The number of anilines is 1. The van der Waals surface area contributed by atoms with Crippen molar-refractivity contribution in [1.82, 2.24) is 0 Å². The number of hydrogen-bond donors (Lipinski definition) is 2. The maximum Gasteiger partial charge on any atom is 0.119 e. The molecule has 2 aromatic carbocycles. The number of phenolic OH excluding ortho intramolecular Hbond substituents is 1. The maximum atomic E-state index is 9.21. The average Bonchev–Trinajstić information content (AvgIpc) is 2.38. The topological polar surface area (TPSA) is 80.2 Å². The van der Waals surface area contributed by atoms with Crippen LogP contribution < -0.4 is 10.5 Å². The van der Waals surface area contributed by atoms with Crippen LogP contribution in [0, 0.1) is 0 Å². The summed E-state index contributed by atoms with van der Waals surface area (Å²) in [6.07, 6.45) is 0. The second-order valence-electron chi connectivity index (χ2n) is 3.64. The van der Waals surface area contributed by atoms with Gasteiger partial charge in [0.2, 0.25) is 0 Å². The Balaban J connectivity index is 2.19. The first-order chi connectivity index (χ1) is 8.69. The summed E-state index contributed by atoms with van der Waals surface area (Å²) in [5, 5.41) is 17.3. The van der Waals surface area contributed by atoms with E-state index in [1.54, 1.807) is 37.4 Å². The monoisotopic (exact) mass is 243 g/mol. The van der Waals surface area contributed by atoms with Crippen molar-refractivity contribution in [2.24, 2.45) is 10.2 Å². The molecule has 5 nitrogen and oxygen atoms in total. The number of phenols is 1. The van der Waals surface area contributed by atoms with Gasteiger partial charge in [0.05, 0.1) is 18.5 Å². The first kappa shape index (κ1) is 11.9. The molecule has 0 bridgehead atoms. The molecule has 0 unspecified atom stereocenters. The van der Waals surface area contributed by atoms with Crippen LogP contribution in [0.25, 0.3) is 0 Å². The van der Waals surface area contributed by atoms with Gasteiger partial charge in [-0.25, -0.2) is 0 Å². The number of ether oxygens (including phenoxy) is 1. The van der Waals surface area contributed by atoms with E-state index in [0.717, 1.165) is 5.75 Å². The second-order valence-corrected chi connectivity index (χ2v) is 3.64. The Labute approximate surface area is 105 Å². The van der Waals surface area contributed by atoms with Crippen molar-refractivity contribution >= 4 is 17.1 Å². The Kier molecular flexibility index (Phi) is 3.43. The first-order valence-corrected chi connectivity index (χ1v) is 5.33. The van der Waals surface area contributed by atoms with Crippen molar-refractivity contribution < 1.29 is 9.84 Å². The minimum absolute atomic E-state index is 0.107. The van der Waals surface area contributed by atoms with Crippen LogP contribution in [0.4, 0.5) is 17.1 Å². The molecule has 0 amide bonds. The molecule has 0 radical (unpaired) electrons. The normalized spacial score (nSPS) is 10.7. The SMILES string of the molecule is COc1ccc(N=Nc2ccc(O)cc2N)cc1. The first-order valence-electron chi connectivity index (χ1n) is 5.33. The van der Waals surface area contributed by atoms with Gasteiger partial charge < -0.3 is 15.6 Å². The fourth-order valence-corrected chi connectivity index (χ4v) is 1.39. The number of rotatable bonds is 3. The Bertz CT molecular complexity index is 565. The van der Waals surface area contributed by atoms with Gasteiger partial charge in [-0.3, -0.25) is 0 Å². The predicted octanol–water partition coefficient (Wildman–Crippen LogP) is 3.40. The quantitative estimate of drug-likeness (QED) is 0.640. The maximum absolute atomic E-state index is 9.21. The van der Waals surface area contributed by atoms with Crippen molar-refractivity contribution in [3.63, 3.8) is 0 Å². The van der Waals surface area contributed by atoms with Gasteiger partial charge in [0.25, 0.3) is 0 Å². The molecule has 2 aromatic rings. The third-order valence-corrected chi connectivity index (χ3v) is 2.36. The number of azo groups is 1. The summed E-state index contributed by atoms with van der Waals surface area (Å²) in [5.41, 5.74) is 7.29. The Morgan fingerprint density at radius 1 is 1.06 bits per heavy atom. The summed E-state index contributed by atoms with van der Waals surface area (Å²) in [5.74, 6) is 0.869. The molecule has 0 fully saturated rings. The lowest BCUT2D eigenvalue weighted by Gasteiger charge is -2.00. The smallest absolute Gasteiger partial charge is 0.119 e. The van der Waals surface area contributed by atoms with E-state index in [1.165, 1.54) is 12.1 Å². The average molecular weight is 243 g/mol. The summed E-state index contributed by atoms with van der Waals surface area (Å²) in [6, 6.07) is 11.7. The van der Waals surface area contributed by atoms with Crippen LogP contribution in [-0.4, -0.2) is 12.2 Å². The number of aromatic hydroxyl groups is 1. The molecule has 3 N–H and O–H groups in total. The van der Waals surface area contributed by atoms with Gasteiger partial charge in [-0.1, -0.05) is 0 Å². The Morgan fingerprint density at radius 2 is 1.78 bits per heavy atom. The third-order valence-electron chi connectivity index (χ3n) is 2.36. The van der Waals surface area contributed by atoms with Crippen LogP contribution in [0.2, 0.25) is 0 Å². The third kappa shape index (κ3) is 2.76. The van der Waals surface area contributed by atoms with Crippen molar-refractivity contribution in [3.05, 3.63) is 42.5 Å². The molecule has 18 heavy (non-hydrogen) atoms. The van der Waals surface area contributed by atoms with Crippen molar-refractivity contribution in [3.8, 4) is 11.5 Å². The zero-order valence-corrected chi connectivity index (χ0v) is 9.87. The molecule has 2 rings (SSSR count). The standard InChI is InChI=1S/C13H13N3O2/c1-18-11-5-2-9(3-6-11)15-16-13-7-4-10(17)8-12(13)14/h2-8,17H,14H2,1H3. The minimum atomic E-state index is 0.107. The van der Waals surface area contributed by atoms with Gasteiger partial charge in [0, 0.05) is 6.07 Å². The van der Waals surface area contributed by atoms with Gasteiger partial charge in [-0.05, 0) is 36.4 Å². The van der Waals surface area contributed by atoms with E-state index >= 15 is 0 Å². The van der Waals surface area contributed by atoms with E-state index in [2.05, 4.69) is 10.2 Å². The molecule has 0 aliphatic heterocycles. The predicted molar refractivity (Wildman–Crippen MR) is 69.7 cm³/mol. The van der Waals surface area contributed by atoms with Gasteiger partial charge in [0.15, 0.2) is 0 Å². The number of nitrogens with zero attached hydrogens (tertiary/aromatic N) is 2. The highest BCUT2D eigenvalue weighted by molar-refractivity contribution is 5.64. The molecular weight excluding hydrogens is 230 g/mol. The molecule has 0 saturated heterocycles. The Morgan fingerprint density at radius 3 is 2.39 bits per heavy atom. The van der Waals surface area contributed by atoms with E-state index in [4.69, 9.17) is 10.5 Å². The largest absolute Gasteiger partial charge is 0.508 e. The molecular formula is C13H13N3O2. The fraction of sp³-hybridized carbons (Fsp3) is 0.0769. The summed E-state index contributed by atoms with van der Waals surface area (Å²) in [4.78, 5) is 0. The van der Waals surface area contributed by atoms with Gasteiger partial charge in [-0.2, -0.15) is 5.11 Å². The number of methoxy groups -OCH3 is 1. The van der Waals surface area contributed by atoms with Gasteiger partial charge in [-0.15, -0.1) is 5.11 Å². The molecule has 0 aromatic heterocycles. The number of hydrogen-bond acceptors (Lipinski definition) is 5. The van der Waals surface area contributed by atoms with Crippen LogP contribution in [-0.2, 0) is 0 Å². The lowest BCUT2D eigenvalue weighted by atomic mass is 10.2. The molecule has 5 heteroatoms. The molecule has 0 saturated carbocycles. The van der Waals surface area contributed by atoms with Crippen molar-refractivity contribution in [2.45, 2.75) is 0 Å². The summed E-state index contributed by atoms with van der Waals surface area (Å²) in [6.45, 7) is 0. The zero-order chi connectivity index (χ0) is 13.0. The van der Waals surface area contributed by atoms with E-state index in [1.807, 2.05) is 0 Å². The van der Waals surface area contributed by atoms with E-state index in [0.29, 0.717) is 17.1 Å². The van der Waals surface area contributed by atoms with E-state index in [-0.39, 0.29) is 5.75 Å². The minimum Gasteiger partial charge on any atom is -0.508 e. The highest BCUT2D eigenvalue weighted by atomic mass is 16.5. The summed E-state index contributed by atoms with van der Waals surface area (Å²) < 4.78 is 5.04. The molecule has 0 aliphatic carbocycles. The molecule has 0 heterocycles. The number of nitrogens with two attached hydrogens (primary N) is 1. The molecule has 0 spiro atoms. The summed E-state index contributed by atoms with van der Waals surface area (Å²) >= 11 is 0. The van der Waals surface area contributed by atoms with E-state index in [9.17, 15) is 5.11 Å². The number of benzene rings is 2. The lowest BCUT2D eigenvalue weighted by molar-refractivity contribution is 0.415. The number of nitrogen functional groups attached to an aromatic ring is 1. The van der Waals surface area contributed by atoms with Crippen LogP contribution in [0.1, 0.15) is 0 Å². The van der Waals surface area contributed by atoms with Crippen molar-refractivity contribution in [2.75, 3.05) is 12.8 Å². The van der Waals surface area contributed by atoms with Crippen LogP contribution in [0.5, 0.6) is 11.5 Å². The molecule has 0 atom stereocenters. The van der Waals surface area contributed by atoms with E-state index < -0.39 is 0 Å². The summed E-state index contributed by atoms with van der Waals surface area (Å²) in [7, 11) is 1.60. The zero-order valence-electron chi connectivity index (χ0n) is 9.87. The highest BCUT2D eigenvalue weighted by Gasteiger charge is 1.98. The van der Waals surface area contributed by atoms with Gasteiger partial charge in [0.1, 0.15) is 17.2 Å². The molecule has 0 aliphatic rings. The van der Waals surface area contributed by atoms with Crippen LogP contribution in [0.15, 0.2) is 52.7 Å². The van der Waals surface area contributed by atoms with Crippen LogP contribution >= 0.6 is 0 Å². The van der Waals surface area contributed by atoms with Crippen molar-refractivity contribution in [1.29, 1.82) is 0 Å². The highest BCUT2D eigenvalue weighted by Crippen LogP contribution is 2.28. The fourth-order valence-electron chi connectivity index (χ4n) is 1.39. The molecule has 92 valence electrons. The van der Waals surface area contributed by atoms with Gasteiger partial charge >= 0.3 is 0 Å². The Hall–Kier alpha value is -2.56. The lowest BCUT2D eigenvalue weighted by Crippen LogP contribution is -1.83. The second kappa shape index (κ2) is 5.18.